The molecule has 21 heavy (non-hydrogen) atoms. The van der Waals surface area contributed by atoms with E-state index in [1.807, 2.05) is 31.2 Å². The number of aromatic nitrogens is 1. The number of carbonyl (C=O) groups is 1. The lowest BCUT2D eigenvalue weighted by Crippen LogP contribution is -2.34. The number of pyridine rings is 1. The molecule has 1 amide bonds. The zero-order valence-corrected chi connectivity index (χ0v) is 13.6. The molecule has 1 N–H and O–H groups in total. The lowest BCUT2D eigenvalue weighted by atomic mass is 10.1. The number of benzene rings is 1. The lowest BCUT2D eigenvalue weighted by Gasteiger charge is -2.16. The predicted molar refractivity (Wildman–Crippen MR) is 85.6 cm³/mol. The van der Waals surface area contributed by atoms with E-state index >= 15 is 0 Å². The van der Waals surface area contributed by atoms with Crippen LogP contribution in [0.3, 0.4) is 0 Å². The average molecular weight is 349 g/mol. The first-order chi connectivity index (χ1) is 10.1. The number of nitrogens with one attached hydrogen (secondary N) is 1. The zero-order valence-electron chi connectivity index (χ0n) is 12.0. The van der Waals surface area contributed by atoms with Gasteiger partial charge in [0, 0.05) is 12.2 Å². The third-order valence-electron chi connectivity index (χ3n) is 3.10. The SMILES string of the molecule is COc1ccccc1CC(C)NC(=O)c1cccnc1Br. The first-order valence-electron chi connectivity index (χ1n) is 6.65. The summed E-state index contributed by atoms with van der Waals surface area (Å²) in [6.07, 6.45) is 2.34. The third kappa shape index (κ3) is 4.04. The van der Waals surface area contributed by atoms with E-state index < -0.39 is 0 Å². The summed E-state index contributed by atoms with van der Waals surface area (Å²) in [5.74, 6) is 0.693. The van der Waals surface area contributed by atoms with E-state index in [-0.39, 0.29) is 11.9 Å². The number of para-hydroxylation sites is 1. The highest BCUT2D eigenvalue weighted by atomic mass is 79.9. The van der Waals surface area contributed by atoms with Crippen molar-refractivity contribution in [3.63, 3.8) is 0 Å². The van der Waals surface area contributed by atoms with Gasteiger partial charge in [0.25, 0.3) is 5.91 Å². The largest absolute Gasteiger partial charge is 0.496 e. The van der Waals surface area contributed by atoms with Crippen LogP contribution in [0.1, 0.15) is 22.8 Å². The number of ether oxygens (including phenoxy) is 1. The van der Waals surface area contributed by atoms with E-state index in [1.165, 1.54) is 0 Å². The first kappa shape index (κ1) is 15.5. The summed E-state index contributed by atoms with van der Waals surface area (Å²) in [5, 5.41) is 2.97. The van der Waals surface area contributed by atoms with E-state index in [1.54, 1.807) is 25.4 Å². The summed E-state index contributed by atoms with van der Waals surface area (Å²) in [5.41, 5.74) is 1.60. The molecule has 0 aliphatic heterocycles. The Balaban J connectivity index is 2.03. The second-order valence-corrected chi connectivity index (χ2v) is 5.48. The Labute approximate surface area is 132 Å². The van der Waals surface area contributed by atoms with E-state index in [0.29, 0.717) is 16.6 Å². The number of hydrogen-bond donors (Lipinski definition) is 1. The van der Waals surface area contributed by atoms with Crippen LogP contribution in [0, 0.1) is 0 Å². The summed E-state index contributed by atoms with van der Waals surface area (Å²) in [6.45, 7) is 1.97. The summed E-state index contributed by atoms with van der Waals surface area (Å²) < 4.78 is 5.87. The third-order valence-corrected chi connectivity index (χ3v) is 3.73. The Hall–Kier alpha value is -1.88. The van der Waals surface area contributed by atoms with Crippen LogP contribution in [-0.2, 0) is 6.42 Å². The van der Waals surface area contributed by atoms with Crippen molar-refractivity contribution in [2.24, 2.45) is 0 Å². The van der Waals surface area contributed by atoms with E-state index in [9.17, 15) is 4.79 Å². The lowest BCUT2D eigenvalue weighted by molar-refractivity contribution is 0.0938. The molecule has 1 aromatic carbocycles. The first-order valence-corrected chi connectivity index (χ1v) is 7.44. The summed E-state index contributed by atoms with van der Waals surface area (Å²) in [4.78, 5) is 16.3. The molecule has 0 fully saturated rings. The van der Waals surface area contributed by atoms with E-state index in [2.05, 4.69) is 26.2 Å². The Morgan fingerprint density at radius 1 is 1.33 bits per heavy atom. The topological polar surface area (TPSA) is 51.2 Å². The molecule has 0 radical (unpaired) electrons. The second-order valence-electron chi connectivity index (χ2n) is 4.73. The Kier molecular flexibility index (Phi) is 5.33. The number of halogens is 1. The van der Waals surface area contributed by atoms with Gasteiger partial charge in [-0.25, -0.2) is 4.98 Å². The van der Waals surface area contributed by atoms with Crippen LogP contribution in [0.4, 0.5) is 0 Å². The Morgan fingerprint density at radius 3 is 2.81 bits per heavy atom. The number of rotatable bonds is 5. The van der Waals surface area contributed by atoms with Gasteiger partial charge in [-0.05, 0) is 53.0 Å². The monoisotopic (exact) mass is 348 g/mol. The van der Waals surface area contributed by atoms with E-state index in [0.717, 1.165) is 11.3 Å². The van der Waals surface area contributed by atoms with Crippen molar-refractivity contribution in [1.82, 2.24) is 10.3 Å². The molecule has 1 atom stereocenters. The normalized spacial score (nSPS) is 11.8. The number of nitrogens with zero attached hydrogens (tertiary/aromatic N) is 1. The molecule has 4 nitrogen and oxygen atoms in total. The number of amides is 1. The highest BCUT2D eigenvalue weighted by Gasteiger charge is 2.14. The fourth-order valence-corrected chi connectivity index (χ4v) is 2.54. The quantitative estimate of drug-likeness (QED) is 0.844. The van der Waals surface area contributed by atoms with Gasteiger partial charge in [0.15, 0.2) is 0 Å². The van der Waals surface area contributed by atoms with Crippen molar-refractivity contribution in [3.05, 3.63) is 58.3 Å². The van der Waals surface area contributed by atoms with Crippen LogP contribution in [0.5, 0.6) is 5.75 Å². The zero-order chi connectivity index (χ0) is 15.2. The molecule has 0 spiro atoms. The Bertz CT molecular complexity index is 631. The molecule has 5 heteroatoms. The van der Waals surface area contributed by atoms with Gasteiger partial charge in [0.1, 0.15) is 10.4 Å². The van der Waals surface area contributed by atoms with Crippen LogP contribution in [0.15, 0.2) is 47.2 Å². The van der Waals surface area contributed by atoms with Gasteiger partial charge in [-0.2, -0.15) is 0 Å². The molecule has 0 bridgehead atoms. The van der Waals surface area contributed by atoms with Crippen LogP contribution in [-0.4, -0.2) is 24.0 Å². The highest BCUT2D eigenvalue weighted by Crippen LogP contribution is 2.19. The van der Waals surface area contributed by atoms with Crippen LogP contribution in [0.2, 0.25) is 0 Å². The van der Waals surface area contributed by atoms with Crippen LogP contribution >= 0.6 is 15.9 Å². The molecule has 0 aliphatic carbocycles. The van der Waals surface area contributed by atoms with Gasteiger partial charge in [0.05, 0.1) is 12.7 Å². The fraction of sp³-hybridized carbons (Fsp3) is 0.250. The van der Waals surface area contributed by atoms with Crippen molar-refractivity contribution >= 4 is 21.8 Å². The number of methoxy groups -OCH3 is 1. The minimum absolute atomic E-state index is 0.0130. The van der Waals surface area contributed by atoms with Crippen molar-refractivity contribution in [3.8, 4) is 5.75 Å². The molecule has 0 aliphatic rings. The van der Waals surface area contributed by atoms with Crippen molar-refractivity contribution in [2.75, 3.05) is 7.11 Å². The maximum Gasteiger partial charge on any atom is 0.254 e. The standard InChI is InChI=1S/C16H17BrN2O2/c1-11(10-12-6-3-4-8-14(12)21-2)19-16(20)13-7-5-9-18-15(13)17/h3-9,11H,10H2,1-2H3,(H,19,20). The van der Waals surface area contributed by atoms with Gasteiger partial charge < -0.3 is 10.1 Å². The van der Waals surface area contributed by atoms with Crippen LogP contribution < -0.4 is 10.1 Å². The minimum atomic E-state index is -0.141. The molecule has 0 saturated carbocycles. The molecule has 110 valence electrons. The predicted octanol–water partition coefficient (Wildman–Crippen LogP) is 3.21. The van der Waals surface area contributed by atoms with Crippen molar-refractivity contribution < 1.29 is 9.53 Å². The fourth-order valence-electron chi connectivity index (χ4n) is 2.11. The number of hydrogen-bond acceptors (Lipinski definition) is 3. The molecule has 1 heterocycles. The maximum atomic E-state index is 12.2. The Morgan fingerprint density at radius 2 is 2.10 bits per heavy atom. The van der Waals surface area contributed by atoms with Gasteiger partial charge in [0.2, 0.25) is 0 Å². The smallest absolute Gasteiger partial charge is 0.254 e. The average Bonchev–Trinajstić information content (AvgIpc) is 2.48. The maximum absolute atomic E-state index is 12.2. The van der Waals surface area contributed by atoms with Gasteiger partial charge in [-0.1, -0.05) is 18.2 Å². The second kappa shape index (κ2) is 7.22. The minimum Gasteiger partial charge on any atom is -0.496 e. The molecular weight excluding hydrogens is 332 g/mol. The van der Waals surface area contributed by atoms with Gasteiger partial charge >= 0.3 is 0 Å². The van der Waals surface area contributed by atoms with Gasteiger partial charge in [-0.15, -0.1) is 0 Å². The molecule has 2 aromatic rings. The van der Waals surface area contributed by atoms with Crippen molar-refractivity contribution in [1.29, 1.82) is 0 Å². The molecule has 1 aromatic heterocycles. The highest BCUT2D eigenvalue weighted by molar-refractivity contribution is 9.10. The van der Waals surface area contributed by atoms with Crippen molar-refractivity contribution in [2.45, 2.75) is 19.4 Å². The molecule has 2 rings (SSSR count). The summed E-state index contributed by atoms with van der Waals surface area (Å²) in [7, 11) is 1.65. The summed E-state index contributed by atoms with van der Waals surface area (Å²) in [6, 6.07) is 11.3. The summed E-state index contributed by atoms with van der Waals surface area (Å²) >= 11 is 3.28. The molecule has 1 unspecified atom stereocenters. The van der Waals surface area contributed by atoms with Crippen LogP contribution in [0.25, 0.3) is 0 Å². The number of carbonyl (C=O) groups excluding carboxylic acids is 1. The molecular formula is C16H17BrN2O2. The molecule has 0 saturated heterocycles. The van der Waals surface area contributed by atoms with E-state index in [4.69, 9.17) is 4.74 Å². The van der Waals surface area contributed by atoms with Gasteiger partial charge in [-0.3, -0.25) is 4.79 Å².